The maximum atomic E-state index is 12.5. The number of rotatable bonds is 7. The highest BCUT2D eigenvalue weighted by atomic mass is 35.5. The molecule has 0 unspecified atom stereocenters. The van der Waals surface area contributed by atoms with Gasteiger partial charge < -0.3 is 9.47 Å². The van der Waals surface area contributed by atoms with Gasteiger partial charge in [0.05, 0.1) is 18.7 Å². The second-order valence-corrected chi connectivity index (χ2v) is 9.07. The first-order chi connectivity index (χ1) is 13.9. The van der Waals surface area contributed by atoms with Crippen LogP contribution in [0.2, 0.25) is 5.02 Å². The molecule has 2 aromatic rings. The molecule has 1 aliphatic rings. The van der Waals surface area contributed by atoms with Gasteiger partial charge >= 0.3 is 11.9 Å². The van der Waals surface area contributed by atoms with Crippen molar-refractivity contribution in [2.24, 2.45) is 5.41 Å². The summed E-state index contributed by atoms with van der Waals surface area (Å²) in [5.74, 6) is -0.613. The van der Waals surface area contributed by atoms with Gasteiger partial charge in [-0.1, -0.05) is 43.0 Å². The van der Waals surface area contributed by atoms with E-state index in [2.05, 4.69) is 4.98 Å². The Morgan fingerprint density at radius 2 is 1.83 bits per heavy atom. The molecule has 1 aromatic heterocycles. The molecule has 0 bridgehead atoms. The molecular weight excluding hydrogens is 410 g/mol. The van der Waals surface area contributed by atoms with Crippen molar-refractivity contribution in [2.45, 2.75) is 52.4 Å². The first-order valence-corrected chi connectivity index (χ1v) is 11.2. The molecule has 0 spiro atoms. The lowest BCUT2D eigenvalue weighted by atomic mass is 9.74. The van der Waals surface area contributed by atoms with Gasteiger partial charge in [-0.3, -0.25) is 9.59 Å². The van der Waals surface area contributed by atoms with Gasteiger partial charge in [0.2, 0.25) is 0 Å². The molecule has 1 heterocycles. The molecule has 1 aromatic carbocycles. The van der Waals surface area contributed by atoms with Gasteiger partial charge in [-0.05, 0) is 38.8 Å². The molecule has 5 nitrogen and oxygen atoms in total. The Morgan fingerprint density at radius 1 is 1.14 bits per heavy atom. The number of esters is 2. The zero-order chi connectivity index (χ0) is 20.9. The molecule has 7 heteroatoms. The lowest BCUT2D eigenvalue weighted by molar-refractivity contribution is -0.166. The fourth-order valence-corrected chi connectivity index (χ4v) is 4.70. The minimum absolute atomic E-state index is 0.0812. The predicted octanol–water partition coefficient (Wildman–Crippen LogP) is 5.37. The van der Waals surface area contributed by atoms with Crippen LogP contribution in [0, 0.1) is 12.3 Å². The highest BCUT2D eigenvalue weighted by Gasteiger charge is 2.42. The summed E-state index contributed by atoms with van der Waals surface area (Å²) in [4.78, 5) is 30.6. The third-order valence-electron chi connectivity index (χ3n) is 5.32. The normalized spacial score (nSPS) is 15.7. The second kappa shape index (κ2) is 9.72. The number of benzene rings is 1. The molecule has 29 heavy (non-hydrogen) atoms. The van der Waals surface area contributed by atoms with E-state index in [0.29, 0.717) is 30.2 Å². The minimum Gasteiger partial charge on any atom is -0.465 e. The van der Waals surface area contributed by atoms with E-state index in [0.717, 1.165) is 34.7 Å². The van der Waals surface area contributed by atoms with E-state index in [-0.39, 0.29) is 25.0 Å². The maximum Gasteiger partial charge on any atom is 0.315 e. The van der Waals surface area contributed by atoms with Crippen LogP contribution in [-0.2, 0) is 25.5 Å². The number of hydrogen-bond donors (Lipinski definition) is 0. The third-order valence-corrected chi connectivity index (χ3v) is 6.64. The summed E-state index contributed by atoms with van der Waals surface area (Å²) in [6, 6.07) is 7.46. The van der Waals surface area contributed by atoms with Gasteiger partial charge in [-0.25, -0.2) is 4.98 Å². The predicted molar refractivity (Wildman–Crippen MR) is 114 cm³/mol. The van der Waals surface area contributed by atoms with Crippen molar-refractivity contribution in [3.8, 4) is 10.6 Å². The summed E-state index contributed by atoms with van der Waals surface area (Å²) in [5.41, 5.74) is 0.972. The topological polar surface area (TPSA) is 65.5 Å². The molecule has 0 saturated heterocycles. The SMILES string of the molecule is CCOC(=O)C1(COC(=O)Cc2nc(-c3ccc(Cl)cc3)sc2C)CCCCC1. The Labute approximate surface area is 180 Å². The average molecular weight is 436 g/mol. The molecule has 0 N–H and O–H groups in total. The summed E-state index contributed by atoms with van der Waals surface area (Å²) >= 11 is 7.48. The Bertz CT molecular complexity index is 856. The Morgan fingerprint density at radius 3 is 2.48 bits per heavy atom. The van der Waals surface area contributed by atoms with Gasteiger partial charge in [0.25, 0.3) is 0 Å². The van der Waals surface area contributed by atoms with Crippen LogP contribution >= 0.6 is 22.9 Å². The van der Waals surface area contributed by atoms with E-state index in [1.807, 2.05) is 31.2 Å². The smallest absolute Gasteiger partial charge is 0.315 e. The van der Waals surface area contributed by atoms with Crippen LogP contribution in [0.5, 0.6) is 0 Å². The number of halogens is 1. The van der Waals surface area contributed by atoms with Crippen molar-refractivity contribution in [2.75, 3.05) is 13.2 Å². The van der Waals surface area contributed by atoms with Crippen LogP contribution in [0.3, 0.4) is 0 Å². The molecule has 0 atom stereocenters. The quantitative estimate of drug-likeness (QED) is 0.547. The molecule has 0 aliphatic heterocycles. The molecule has 1 fully saturated rings. The number of nitrogens with zero attached hydrogens (tertiary/aromatic N) is 1. The number of carbonyl (C=O) groups excluding carboxylic acids is 2. The molecule has 1 aliphatic carbocycles. The number of aryl methyl sites for hydroxylation is 1. The number of hydrogen-bond acceptors (Lipinski definition) is 6. The molecular formula is C22H26ClNO4S. The highest BCUT2D eigenvalue weighted by Crippen LogP contribution is 2.38. The van der Waals surface area contributed by atoms with Crippen molar-refractivity contribution >= 4 is 34.9 Å². The number of aromatic nitrogens is 1. The van der Waals surface area contributed by atoms with Crippen LogP contribution in [-0.4, -0.2) is 30.1 Å². The van der Waals surface area contributed by atoms with Crippen LogP contribution in [0.1, 0.15) is 49.6 Å². The van der Waals surface area contributed by atoms with Crippen molar-refractivity contribution < 1.29 is 19.1 Å². The van der Waals surface area contributed by atoms with E-state index >= 15 is 0 Å². The van der Waals surface area contributed by atoms with Gasteiger partial charge in [-0.2, -0.15) is 0 Å². The van der Waals surface area contributed by atoms with E-state index < -0.39 is 5.41 Å². The zero-order valence-electron chi connectivity index (χ0n) is 16.8. The van der Waals surface area contributed by atoms with Crippen LogP contribution < -0.4 is 0 Å². The first-order valence-electron chi connectivity index (χ1n) is 9.98. The number of thiazole rings is 1. The lowest BCUT2D eigenvalue weighted by Crippen LogP contribution is -2.40. The van der Waals surface area contributed by atoms with Crippen molar-refractivity contribution in [3.05, 3.63) is 39.9 Å². The van der Waals surface area contributed by atoms with Crippen LogP contribution in [0.4, 0.5) is 0 Å². The van der Waals surface area contributed by atoms with Gasteiger partial charge in [0.1, 0.15) is 17.0 Å². The Kier molecular flexibility index (Phi) is 7.30. The van der Waals surface area contributed by atoms with Gasteiger partial charge in [-0.15, -0.1) is 11.3 Å². The molecule has 3 rings (SSSR count). The average Bonchev–Trinajstić information content (AvgIpc) is 3.08. The summed E-state index contributed by atoms with van der Waals surface area (Å²) in [7, 11) is 0. The van der Waals surface area contributed by atoms with Gasteiger partial charge in [0, 0.05) is 15.5 Å². The van der Waals surface area contributed by atoms with Gasteiger partial charge in [0.15, 0.2) is 0 Å². The van der Waals surface area contributed by atoms with Crippen molar-refractivity contribution in [1.82, 2.24) is 4.98 Å². The first kappa shape index (κ1) is 21.8. The summed E-state index contributed by atoms with van der Waals surface area (Å²) in [6.45, 7) is 4.16. The van der Waals surface area contributed by atoms with E-state index in [4.69, 9.17) is 21.1 Å². The van der Waals surface area contributed by atoms with E-state index in [1.54, 1.807) is 6.92 Å². The van der Waals surface area contributed by atoms with E-state index in [9.17, 15) is 9.59 Å². The summed E-state index contributed by atoms with van der Waals surface area (Å²) < 4.78 is 10.8. The van der Waals surface area contributed by atoms with Crippen molar-refractivity contribution in [1.29, 1.82) is 0 Å². The lowest BCUT2D eigenvalue weighted by Gasteiger charge is -2.34. The Balaban J connectivity index is 1.64. The summed E-state index contributed by atoms with van der Waals surface area (Å²) in [6.07, 6.45) is 4.50. The molecule has 1 saturated carbocycles. The number of ether oxygens (including phenoxy) is 2. The molecule has 0 amide bonds. The molecule has 156 valence electrons. The van der Waals surface area contributed by atoms with Crippen molar-refractivity contribution in [3.63, 3.8) is 0 Å². The largest absolute Gasteiger partial charge is 0.465 e. The van der Waals surface area contributed by atoms with Crippen LogP contribution in [0.25, 0.3) is 10.6 Å². The standard InChI is InChI=1S/C22H26ClNO4S/c1-3-27-21(26)22(11-5-4-6-12-22)14-28-19(25)13-18-15(2)29-20(24-18)16-7-9-17(23)10-8-16/h7-10H,3-6,11-14H2,1-2H3. The third kappa shape index (κ3) is 5.37. The molecule has 0 radical (unpaired) electrons. The van der Waals surface area contributed by atoms with E-state index in [1.165, 1.54) is 11.3 Å². The minimum atomic E-state index is -0.699. The second-order valence-electron chi connectivity index (χ2n) is 7.43. The highest BCUT2D eigenvalue weighted by molar-refractivity contribution is 7.15. The monoisotopic (exact) mass is 435 g/mol. The maximum absolute atomic E-state index is 12.5. The fraction of sp³-hybridized carbons (Fsp3) is 0.500. The summed E-state index contributed by atoms with van der Waals surface area (Å²) in [5, 5.41) is 1.52. The van der Waals surface area contributed by atoms with Crippen LogP contribution in [0.15, 0.2) is 24.3 Å². The fourth-order valence-electron chi connectivity index (χ4n) is 3.63. The zero-order valence-corrected chi connectivity index (χ0v) is 18.4. The number of carbonyl (C=O) groups is 2. The Hall–Kier alpha value is -1.92.